The summed E-state index contributed by atoms with van der Waals surface area (Å²) < 4.78 is 2.08. The number of aliphatic carboxylic acids is 1. The summed E-state index contributed by atoms with van der Waals surface area (Å²) >= 11 is 0. The van der Waals surface area contributed by atoms with E-state index >= 15 is 0 Å². The van der Waals surface area contributed by atoms with E-state index in [1.807, 2.05) is 31.2 Å². The van der Waals surface area contributed by atoms with Crippen LogP contribution in [0.2, 0.25) is 0 Å². The number of para-hydroxylation sites is 2. The van der Waals surface area contributed by atoms with Crippen LogP contribution in [-0.2, 0) is 10.3 Å². The number of benzene rings is 1. The molecule has 94 valence electrons. The second kappa shape index (κ2) is 3.81. The number of nitrogens with zero attached hydrogens (tertiary/aromatic N) is 2. The Hall–Kier alpha value is -1.88. The Balaban J connectivity index is 2.18. The zero-order valence-electron chi connectivity index (χ0n) is 10.2. The molecule has 3 rings (SSSR count). The minimum Gasteiger partial charge on any atom is -0.481 e. The number of rotatable bonds is 3. The molecule has 0 saturated carbocycles. The van der Waals surface area contributed by atoms with Gasteiger partial charge >= 0.3 is 5.97 Å². The zero-order valence-corrected chi connectivity index (χ0v) is 10.2. The van der Waals surface area contributed by atoms with Crippen LogP contribution in [-0.4, -0.2) is 33.7 Å². The molecule has 2 aromatic rings. The molecule has 0 radical (unpaired) electrons. The predicted octanol–water partition coefficient (Wildman–Crippen LogP) is 1.12. The third kappa shape index (κ3) is 1.51. The first-order valence-corrected chi connectivity index (χ1v) is 5.99. The van der Waals surface area contributed by atoms with E-state index in [0.717, 1.165) is 16.9 Å². The van der Waals surface area contributed by atoms with E-state index in [-0.39, 0.29) is 12.0 Å². The highest BCUT2D eigenvalue weighted by atomic mass is 16.4. The molecule has 18 heavy (non-hydrogen) atoms. The molecule has 1 aliphatic rings. The molecule has 5 heteroatoms. The summed E-state index contributed by atoms with van der Waals surface area (Å²) in [5.41, 5.74) is 1.57. The maximum atomic E-state index is 11.1. The van der Waals surface area contributed by atoms with Crippen molar-refractivity contribution in [1.29, 1.82) is 0 Å². The van der Waals surface area contributed by atoms with Gasteiger partial charge in [-0.15, -0.1) is 0 Å². The average Bonchev–Trinajstić information content (AvgIpc) is 2.60. The molecule has 2 heterocycles. The summed E-state index contributed by atoms with van der Waals surface area (Å²) in [6.45, 7) is 3.29. The van der Waals surface area contributed by atoms with Crippen LogP contribution in [0.5, 0.6) is 0 Å². The van der Waals surface area contributed by atoms with Crippen molar-refractivity contribution in [3.05, 3.63) is 30.1 Å². The molecule has 1 aliphatic heterocycles. The molecule has 1 fully saturated rings. The van der Waals surface area contributed by atoms with Gasteiger partial charge in [-0.05, 0) is 19.1 Å². The number of nitrogens with one attached hydrogen (secondary N) is 1. The molecule has 1 aromatic carbocycles. The molecular formula is C13H15N3O2. The van der Waals surface area contributed by atoms with Crippen LogP contribution >= 0.6 is 0 Å². The van der Waals surface area contributed by atoms with Crippen molar-refractivity contribution in [1.82, 2.24) is 14.9 Å². The Bertz CT molecular complexity index is 614. The first kappa shape index (κ1) is 11.2. The topological polar surface area (TPSA) is 67.2 Å². The van der Waals surface area contributed by atoms with Crippen molar-refractivity contribution < 1.29 is 9.90 Å². The van der Waals surface area contributed by atoms with Crippen molar-refractivity contribution in [2.75, 3.05) is 13.1 Å². The van der Waals surface area contributed by atoms with Crippen LogP contribution in [0.1, 0.15) is 12.2 Å². The minimum absolute atomic E-state index is 0.126. The van der Waals surface area contributed by atoms with Crippen molar-refractivity contribution in [3.63, 3.8) is 0 Å². The Morgan fingerprint density at radius 1 is 1.50 bits per heavy atom. The summed E-state index contributed by atoms with van der Waals surface area (Å²) in [6.07, 6.45) is 0.126. The molecule has 0 bridgehead atoms. The summed E-state index contributed by atoms with van der Waals surface area (Å²) in [6, 6.07) is 7.86. The summed E-state index contributed by atoms with van der Waals surface area (Å²) in [5, 5.41) is 12.3. The molecule has 2 N–H and O–H groups in total. The first-order valence-electron chi connectivity index (χ1n) is 5.99. The second-order valence-electron chi connectivity index (χ2n) is 4.88. The van der Waals surface area contributed by atoms with E-state index < -0.39 is 5.97 Å². The van der Waals surface area contributed by atoms with Gasteiger partial charge in [0.1, 0.15) is 5.82 Å². The third-order valence-electron chi connectivity index (χ3n) is 3.59. The number of imidazole rings is 1. The first-order chi connectivity index (χ1) is 8.62. The normalized spacial score (nSPS) is 17.6. The molecule has 5 nitrogen and oxygen atoms in total. The monoisotopic (exact) mass is 245 g/mol. The van der Waals surface area contributed by atoms with Crippen molar-refractivity contribution in [2.24, 2.45) is 0 Å². The lowest BCUT2D eigenvalue weighted by Gasteiger charge is -2.43. The fourth-order valence-electron chi connectivity index (χ4n) is 2.80. The molecule has 0 atom stereocenters. The van der Waals surface area contributed by atoms with Gasteiger partial charge in [0.2, 0.25) is 0 Å². The lowest BCUT2D eigenvalue weighted by molar-refractivity contribution is -0.140. The van der Waals surface area contributed by atoms with Gasteiger partial charge in [0, 0.05) is 13.1 Å². The van der Waals surface area contributed by atoms with Gasteiger partial charge in [0.05, 0.1) is 23.0 Å². The second-order valence-corrected chi connectivity index (χ2v) is 4.88. The molecule has 0 unspecified atom stereocenters. The lowest BCUT2D eigenvalue weighted by Crippen LogP contribution is -2.61. The van der Waals surface area contributed by atoms with Crippen LogP contribution in [0.25, 0.3) is 11.0 Å². The maximum Gasteiger partial charge on any atom is 0.305 e. The SMILES string of the molecule is Cc1nc2ccccc2n1C1(CC(=O)O)CNC1. The Labute approximate surface area is 104 Å². The predicted molar refractivity (Wildman–Crippen MR) is 67.6 cm³/mol. The number of carboxylic acids is 1. The number of fused-ring (bicyclic) bond motifs is 1. The number of aromatic nitrogens is 2. The number of carbonyl (C=O) groups is 1. The van der Waals surface area contributed by atoms with Crippen LogP contribution in [0.15, 0.2) is 24.3 Å². The molecule has 0 amide bonds. The van der Waals surface area contributed by atoms with E-state index in [9.17, 15) is 4.79 Å². The van der Waals surface area contributed by atoms with Crippen molar-refractivity contribution in [2.45, 2.75) is 18.9 Å². The number of carboxylic acid groups (broad SMARTS) is 1. The largest absolute Gasteiger partial charge is 0.481 e. The van der Waals surface area contributed by atoms with E-state index in [2.05, 4.69) is 14.9 Å². The van der Waals surface area contributed by atoms with Gasteiger partial charge in [-0.3, -0.25) is 4.79 Å². The van der Waals surface area contributed by atoms with Crippen molar-refractivity contribution in [3.8, 4) is 0 Å². The Morgan fingerprint density at radius 3 is 2.83 bits per heavy atom. The molecule has 0 spiro atoms. The standard InChI is InChI=1S/C13H15N3O2/c1-9-15-10-4-2-3-5-11(10)16(9)13(6-12(17)18)7-14-8-13/h2-5,14H,6-8H2,1H3,(H,17,18). The minimum atomic E-state index is -0.770. The van der Waals surface area contributed by atoms with Crippen LogP contribution < -0.4 is 5.32 Å². The number of hydrogen-bond donors (Lipinski definition) is 2. The van der Waals surface area contributed by atoms with E-state index in [4.69, 9.17) is 5.11 Å². The van der Waals surface area contributed by atoms with Gasteiger partial charge in [0.25, 0.3) is 0 Å². The average molecular weight is 245 g/mol. The molecular weight excluding hydrogens is 230 g/mol. The van der Waals surface area contributed by atoms with Crippen LogP contribution in [0.4, 0.5) is 0 Å². The quantitative estimate of drug-likeness (QED) is 0.850. The highest BCUT2D eigenvalue weighted by Crippen LogP contribution is 2.31. The lowest BCUT2D eigenvalue weighted by atomic mass is 9.87. The van der Waals surface area contributed by atoms with Gasteiger partial charge < -0.3 is 15.0 Å². The maximum absolute atomic E-state index is 11.1. The van der Waals surface area contributed by atoms with Gasteiger partial charge in [-0.1, -0.05) is 12.1 Å². The zero-order chi connectivity index (χ0) is 12.8. The smallest absolute Gasteiger partial charge is 0.305 e. The fourth-order valence-corrected chi connectivity index (χ4v) is 2.80. The van der Waals surface area contributed by atoms with E-state index in [0.29, 0.717) is 13.1 Å². The summed E-state index contributed by atoms with van der Waals surface area (Å²) in [5.74, 6) is 0.104. The Kier molecular flexibility index (Phi) is 2.38. The van der Waals surface area contributed by atoms with Gasteiger partial charge in [-0.2, -0.15) is 0 Å². The van der Waals surface area contributed by atoms with Crippen LogP contribution in [0, 0.1) is 6.92 Å². The molecule has 1 aromatic heterocycles. The van der Waals surface area contributed by atoms with E-state index in [1.165, 1.54) is 0 Å². The summed E-state index contributed by atoms with van der Waals surface area (Å²) in [7, 11) is 0. The summed E-state index contributed by atoms with van der Waals surface area (Å²) in [4.78, 5) is 15.6. The third-order valence-corrected chi connectivity index (χ3v) is 3.59. The van der Waals surface area contributed by atoms with Gasteiger partial charge in [0.15, 0.2) is 0 Å². The van der Waals surface area contributed by atoms with Crippen molar-refractivity contribution >= 4 is 17.0 Å². The van der Waals surface area contributed by atoms with Gasteiger partial charge in [-0.25, -0.2) is 4.98 Å². The highest BCUT2D eigenvalue weighted by molar-refractivity contribution is 5.77. The number of aryl methyl sites for hydroxylation is 1. The fraction of sp³-hybridized carbons (Fsp3) is 0.385. The van der Waals surface area contributed by atoms with E-state index in [1.54, 1.807) is 0 Å². The molecule has 0 aliphatic carbocycles. The molecule has 1 saturated heterocycles. The Morgan fingerprint density at radius 2 is 2.22 bits per heavy atom. The van der Waals surface area contributed by atoms with Crippen LogP contribution in [0.3, 0.4) is 0 Å². The highest BCUT2D eigenvalue weighted by Gasteiger charge is 2.42. The number of hydrogen-bond acceptors (Lipinski definition) is 3.